The molecule has 1 aromatic heterocycles. The molecular weight excluding hydrogens is 290 g/mol. The van der Waals surface area contributed by atoms with Crippen molar-refractivity contribution in [2.24, 2.45) is 0 Å². The van der Waals surface area contributed by atoms with E-state index in [1.165, 1.54) is 11.3 Å². The number of hydrogen-bond acceptors (Lipinski definition) is 7. The van der Waals surface area contributed by atoms with Gasteiger partial charge in [-0.3, -0.25) is 4.90 Å². The highest BCUT2D eigenvalue weighted by molar-refractivity contribution is 7.18. The molecule has 0 aliphatic carbocycles. The van der Waals surface area contributed by atoms with Crippen molar-refractivity contribution in [2.75, 3.05) is 23.7 Å². The van der Waals surface area contributed by atoms with Crippen LogP contribution < -0.4 is 10.6 Å². The van der Waals surface area contributed by atoms with Crippen LogP contribution in [0.4, 0.5) is 15.1 Å². The maximum atomic E-state index is 12.3. The second-order valence-electron chi connectivity index (χ2n) is 6.41. The molecule has 1 aliphatic rings. The van der Waals surface area contributed by atoms with E-state index in [4.69, 9.17) is 10.5 Å². The molecule has 0 saturated carbocycles. The summed E-state index contributed by atoms with van der Waals surface area (Å²) in [6.45, 7) is 11.0. The van der Waals surface area contributed by atoms with Crippen molar-refractivity contribution in [3.63, 3.8) is 0 Å². The molecule has 1 fully saturated rings. The maximum Gasteiger partial charge on any atom is 0.410 e. The Labute approximate surface area is 129 Å². The molecule has 1 saturated heterocycles. The summed E-state index contributed by atoms with van der Waals surface area (Å²) in [5.74, 6) is 0. The Hall–Kier alpha value is -1.57. The number of nitrogens with two attached hydrogens (primary N) is 1. The van der Waals surface area contributed by atoms with Crippen LogP contribution in [0.15, 0.2) is 0 Å². The Kier molecular flexibility index (Phi) is 4.27. The minimum Gasteiger partial charge on any atom is -0.444 e. The average Bonchev–Trinajstić information content (AvgIpc) is 2.72. The first-order valence-corrected chi connectivity index (χ1v) is 7.84. The van der Waals surface area contributed by atoms with E-state index in [0.29, 0.717) is 18.2 Å². The van der Waals surface area contributed by atoms with Crippen LogP contribution in [0, 0.1) is 0 Å². The van der Waals surface area contributed by atoms with Crippen LogP contribution in [0.5, 0.6) is 0 Å². The molecule has 1 amide bonds. The van der Waals surface area contributed by atoms with Crippen LogP contribution in [0.1, 0.15) is 34.6 Å². The van der Waals surface area contributed by atoms with E-state index >= 15 is 0 Å². The monoisotopic (exact) mass is 313 g/mol. The van der Waals surface area contributed by atoms with Crippen LogP contribution in [-0.4, -0.2) is 52.0 Å². The standard InChI is InChI=1S/C13H23N5O2S/c1-8-6-17(11-16-15-10(14)21-11)7-9(2)18(8)12(19)20-13(3,4)5/h8-9H,6-7H2,1-5H3,(H2,14,15)/t8-,9?/m1/s1. The van der Waals surface area contributed by atoms with Gasteiger partial charge in [0, 0.05) is 13.1 Å². The predicted octanol–water partition coefficient (Wildman–Crippen LogP) is 1.95. The summed E-state index contributed by atoms with van der Waals surface area (Å²) < 4.78 is 5.49. The zero-order chi connectivity index (χ0) is 15.8. The van der Waals surface area contributed by atoms with Crippen LogP contribution >= 0.6 is 11.3 Å². The normalized spacial score (nSPS) is 23.3. The molecule has 118 valence electrons. The highest BCUT2D eigenvalue weighted by Gasteiger charge is 2.36. The van der Waals surface area contributed by atoms with Gasteiger partial charge in [-0.05, 0) is 34.6 Å². The molecule has 2 rings (SSSR count). The van der Waals surface area contributed by atoms with Crippen LogP contribution in [0.3, 0.4) is 0 Å². The summed E-state index contributed by atoms with van der Waals surface area (Å²) in [4.78, 5) is 16.2. The topological polar surface area (TPSA) is 84.6 Å². The lowest BCUT2D eigenvalue weighted by molar-refractivity contribution is 0.00565. The van der Waals surface area contributed by atoms with Crippen LogP contribution in [0.25, 0.3) is 0 Å². The molecule has 0 bridgehead atoms. The smallest absolute Gasteiger partial charge is 0.410 e. The third-order valence-corrected chi connectivity index (χ3v) is 4.04. The maximum absolute atomic E-state index is 12.3. The Morgan fingerprint density at radius 3 is 2.29 bits per heavy atom. The first-order chi connectivity index (χ1) is 9.67. The van der Waals surface area contributed by atoms with Gasteiger partial charge in [0.2, 0.25) is 10.3 Å². The molecule has 1 aliphatic heterocycles. The molecule has 2 heterocycles. The van der Waals surface area contributed by atoms with Gasteiger partial charge in [-0.25, -0.2) is 4.79 Å². The SMILES string of the molecule is CC1CN(c2nnc(N)s2)C[C@@H](C)N1C(=O)OC(C)(C)C. The number of piperazine rings is 1. The Bertz CT molecular complexity index is 501. The van der Waals surface area contributed by atoms with Crippen molar-refractivity contribution >= 4 is 27.7 Å². The molecule has 2 atom stereocenters. The highest BCUT2D eigenvalue weighted by Crippen LogP contribution is 2.27. The molecular formula is C13H23N5O2S. The zero-order valence-electron chi connectivity index (χ0n) is 13.2. The molecule has 0 aromatic carbocycles. The molecule has 21 heavy (non-hydrogen) atoms. The number of nitrogen functional groups attached to an aromatic ring is 1. The van der Waals surface area contributed by atoms with Gasteiger partial charge >= 0.3 is 6.09 Å². The summed E-state index contributed by atoms with van der Waals surface area (Å²) in [6.07, 6.45) is -0.265. The van der Waals surface area contributed by atoms with Crippen molar-refractivity contribution in [1.29, 1.82) is 0 Å². The largest absolute Gasteiger partial charge is 0.444 e. The Balaban J connectivity index is 2.07. The van der Waals surface area contributed by atoms with Gasteiger partial charge in [0.05, 0.1) is 12.1 Å². The van der Waals surface area contributed by atoms with E-state index in [1.807, 2.05) is 34.6 Å². The van der Waals surface area contributed by atoms with Gasteiger partial charge in [0.1, 0.15) is 5.60 Å². The number of hydrogen-bond donors (Lipinski definition) is 1. The Morgan fingerprint density at radius 2 is 1.86 bits per heavy atom. The van der Waals surface area contributed by atoms with Crippen molar-refractivity contribution in [1.82, 2.24) is 15.1 Å². The number of nitrogens with zero attached hydrogens (tertiary/aromatic N) is 4. The van der Waals surface area contributed by atoms with Gasteiger partial charge < -0.3 is 15.4 Å². The summed E-state index contributed by atoms with van der Waals surface area (Å²) in [6, 6.07) is 0.0717. The first kappa shape index (κ1) is 15.8. The number of aromatic nitrogens is 2. The lowest BCUT2D eigenvalue weighted by Gasteiger charge is -2.44. The van der Waals surface area contributed by atoms with E-state index in [0.717, 1.165) is 5.13 Å². The molecule has 8 heteroatoms. The molecule has 0 radical (unpaired) electrons. The number of amides is 1. The van der Waals surface area contributed by atoms with Crippen molar-refractivity contribution in [2.45, 2.75) is 52.3 Å². The molecule has 0 spiro atoms. The molecule has 1 aromatic rings. The summed E-state index contributed by atoms with van der Waals surface area (Å²) >= 11 is 1.36. The van der Waals surface area contributed by atoms with Crippen LogP contribution in [-0.2, 0) is 4.74 Å². The van der Waals surface area contributed by atoms with Crippen molar-refractivity contribution < 1.29 is 9.53 Å². The van der Waals surface area contributed by atoms with Crippen molar-refractivity contribution in [3.05, 3.63) is 0 Å². The van der Waals surface area contributed by atoms with E-state index in [9.17, 15) is 4.79 Å². The van der Waals surface area contributed by atoms with E-state index < -0.39 is 5.60 Å². The lowest BCUT2D eigenvalue weighted by atomic mass is 10.1. The highest BCUT2D eigenvalue weighted by atomic mass is 32.1. The summed E-state index contributed by atoms with van der Waals surface area (Å²) in [5, 5.41) is 9.18. The fourth-order valence-electron chi connectivity index (χ4n) is 2.51. The number of ether oxygens (including phenoxy) is 1. The third-order valence-electron chi connectivity index (χ3n) is 3.22. The van der Waals surface area contributed by atoms with Gasteiger partial charge in [-0.2, -0.15) is 0 Å². The second-order valence-corrected chi connectivity index (χ2v) is 7.40. The lowest BCUT2D eigenvalue weighted by Crippen LogP contribution is -2.59. The number of anilines is 2. The fraction of sp³-hybridized carbons (Fsp3) is 0.769. The third kappa shape index (κ3) is 3.75. The summed E-state index contributed by atoms with van der Waals surface area (Å²) in [5.41, 5.74) is 5.15. The number of rotatable bonds is 1. The number of carbonyl (C=O) groups is 1. The molecule has 7 nitrogen and oxygen atoms in total. The van der Waals surface area contributed by atoms with Gasteiger partial charge in [0.25, 0.3) is 0 Å². The van der Waals surface area contributed by atoms with E-state index in [-0.39, 0.29) is 18.2 Å². The van der Waals surface area contributed by atoms with Gasteiger partial charge in [-0.15, -0.1) is 10.2 Å². The minimum absolute atomic E-state index is 0.0359. The first-order valence-electron chi connectivity index (χ1n) is 7.02. The van der Waals surface area contributed by atoms with E-state index in [1.54, 1.807) is 4.90 Å². The average molecular weight is 313 g/mol. The molecule has 2 N–H and O–H groups in total. The van der Waals surface area contributed by atoms with E-state index in [2.05, 4.69) is 15.1 Å². The molecule has 1 unspecified atom stereocenters. The fourth-order valence-corrected chi connectivity index (χ4v) is 3.14. The minimum atomic E-state index is -0.485. The second kappa shape index (κ2) is 5.67. The zero-order valence-corrected chi connectivity index (χ0v) is 14.0. The van der Waals surface area contributed by atoms with Crippen LogP contribution in [0.2, 0.25) is 0 Å². The van der Waals surface area contributed by atoms with Crippen molar-refractivity contribution in [3.8, 4) is 0 Å². The predicted molar refractivity (Wildman–Crippen MR) is 83.5 cm³/mol. The number of carbonyl (C=O) groups excluding carboxylic acids is 1. The quantitative estimate of drug-likeness (QED) is 0.853. The van der Waals surface area contributed by atoms with Gasteiger partial charge in [-0.1, -0.05) is 11.3 Å². The van der Waals surface area contributed by atoms with Gasteiger partial charge in [0.15, 0.2) is 0 Å². The Morgan fingerprint density at radius 1 is 1.29 bits per heavy atom. The summed E-state index contributed by atoms with van der Waals surface area (Å²) in [7, 11) is 0.